The molecule has 7 N–H and O–H groups in total. The van der Waals surface area contributed by atoms with E-state index in [4.69, 9.17) is 9.97 Å². The first-order valence-corrected chi connectivity index (χ1v) is 26.3. The van der Waals surface area contributed by atoms with Gasteiger partial charge in [0.05, 0.1) is 72.8 Å². The van der Waals surface area contributed by atoms with Crippen molar-refractivity contribution in [3.05, 3.63) is 146 Å². The molecule has 12 aromatic rings. The molecule has 0 atom stereocenters. The number of piperidine rings is 3. The van der Waals surface area contributed by atoms with Crippen LogP contribution in [0, 0.1) is 11.3 Å². The van der Waals surface area contributed by atoms with Crippen molar-refractivity contribution in [1.82, 2.24) is 74.8 Å². The van der Waals surface area contributed by atoms with Crippen molar-refractivity contribution in [3.8, 4) is 6.07 Å². The van der Waals surface area contributed by atoms with Crippen LogP contribution in [0.4, 0.5) is 17.5 Å². The molecular formula is C57H55N19O2. The molecule has 0 spiro atoms. The number of aldehydes is 1. The topological polar surface area (TPSA) is 282 Å². The second kappa shape index (κ2) is 19.9. The van der Waals surface area contributed by atoms with Crippen LogP contribution in [-0.4, -0.2) is 132 Å². The number of aromatic nitrogens is 15. The maximum Gasteiger partial charge on any atom is 0.142 e. The molecule has 3 fully saturated rings. The zero-order chi connectivity index (χ0) is 52.7. The van der Waals surface area contributed by atoms with Crippen LogP contribution in [0.3, 0.4) is 0 Å². The van der Waals surface area contributed by atoms with E-state index in [1.165, 1.54) is 0 Å². The normalized spacial score (nSPS) is 17.0. The first-order chi connectivity index (χ1) is 38.4. The summed E-state index contributed by atoms with van der Waals surface area (Å²) in [5.74, 6) is 5.22. The highest BCUT2D eigenvalue weighted by Gasteiger charge is 2.42. The van der Waals surface area contributed by atoms with Gasteiger partial charge in [-0.15, -0.1) is 0 Å². The summed E-state index contributed by atoms with van der Waals surface area (Å²) in [4.78, 5) is 78.6. The predicted molar refractivity (Wildman–Crippen MR) is 298 cm³/mol. The van der Waals surface area contributed by atoms with E-state index in [1.54, 1.807) is 19.0 Å². The van der Waals surface area contributed by atoms with E-state index in [2.05, 4.69) is 85.6 Å². The van der Waals surface area contributed by atoms with Crippen LogP contribution in [0.2, 0.25) is 0 Å². The molecule has 15 rings (SSSR count). The predicted octanol–water partition coefficient (Wildman–Crippen LogP) is 7.83. The Hall–Kier alpha value is -9.55. The van der Waals surface area contributed by atoms with Gasteiger partial charge in [-0.2, -0.15) is 5.26 Å². The Morgan fingerprint density at radius 2 is 0.885 bits per heavy atom. The van der Waals surface area contributed by atoms with Gasteiger partial charge in [-0.25, -0.2) is 44.9 Å². The largest absolute Gasteiger partial charge is 0.395 e. The molecule has 12 heterocycles. The van der Waals surface area contributed by atoms with Crippen molar-refractivity contribution >= 4 is 89.9 Å². The van der Waals surface area contributed by atoms with E-state index in [1.807, 2.05) is 110 Å². The molecule has 3 aliphatic rings. The molecule has 78 heavy (non-hydrogen) atoms. The standard InChI is InChI=1S/C19H17N7.C19H20N6O.C19H18N6O/c20-11-19(18-24-14-3-1-2-4-15(14)25-18)6-9-26(10-7-19)17-13-5-8-21-16(13)22-12-23-17;2*26-11-19(18-23-14-3-1-2-4-15(14)24-18)6-9-25(10-7-19)17-13-5-8-20-16(13)21-12-22-17/h1-5,8,12H,6-7,9-10H2,(H,24,25)(H,21,22,23);1-5,8,12,26H,6-7,9-11H2,(H,23,24)(H,20,21,22);1-5,8,11-12H,6-7,9-10H2,(H,23,24)(H,20,21,22). The summed E-state index contributed by atoms with van der Waals surface area (Å²) in [7, 11) is 0. The number of nitriles is 1. The summed E-state index contributed by atoms with van der Waals surface area (Å²) in [6, 6.07) is 32.3. The van der Waals surface area contributed by atoms with Gasteiger partial charge < -0.3 is 54.5 Å². The highest BCUT2D eigenvalue weighted by molar-refractivity contribution is 5.89. The Labute approximate surface area is 445 Å². The highest BCUT2D eigenvalue weighted by atomic mass is 16.3. The zero-order valence-corrected chi connectivity index (χ0v) is 42.6. The number of carbonyl (C=O) groups is 1. The quantitative estimate of drug-likeness (QED) is 0.0714. The SMILES string of the molecule is N#CC1(c2nc3ccccc3[nH]2)CCN(c2ncnc3[nH]ccc23)CC1.O=CC1(c2nc3ccccc3[nH]2)CCN(c2ncnc3[nH]ccc23)CC1.OCC1(c2nc3ccccc3[nH]2)CCN(c2ncnc3[nH]ccc23)CC1. The number of fused-ring (bicyclic) bond motifs is 6. The van der Waals surface area contributed by atoms with Gasteiger partial charge in [0.25, 0.3) is 0 Å². The molecule has 0 radical (unpaired) electrons. The lowest BCUT2D eigenvalue weighted by molar-refractivity contribution is -0.113. The number of hydrogen-bond donors (Lipinski definition) is 7. The molecule has 21 heteroatoms. The number of nitrogens with zero attached hydrogens (tertiary/aromatic N) is 13. The number of imidazole rings is 3. The Kier molecular flexibility index (Phi) is 12.3. The van der Waals surface area contributed by atoms with Crippen molar-refractivity contribution in [2.75, 3.05) is 60.6 Å². The summed E-state index contributed by atoms with van der Waals surface area (Å²) in [6.45, 7) is 4.71. The molecule has 3 saturated heterocycles. The molecule has 0 saturated carbocycles. The van der Waals surface area contributed by atoms with Gasteiger partial charge in [0.15, 0.2) is 0 Å². The van der Waals surface area contributed by atoms with Crippen LogP contribution in [0.5, 0.6) is 0 Å². The number of benzene rings is 3. The molecule has 0 unspecified atom stereocenters. The number of H-pyrrole nitrogens is 6. The molecule has 0 amide bonds. The van der Waals surface area contributed by atoms with Crippen LogP contribution < -0.4 is 14.7 Å². The highest BCUT2D eigenvalue weighted by Crippen LogP contribution is 2.40. The lowest BCUT2D eigenvalue weighted by Gasteiger charge is -2.40. The Bertz CT molecular complexity index is 4020. The molecule has 390 valence electrons. The third-order valence-electron chi connectivity index (χ3n) is 16.2. The van der Waals surface area contributed by atoms with Gasteiger partial charge in [-0.1, -0.05) is 36.4 Å². The van der Waals surface area contributed by atoms with Crippen molar-refractivity contribution in [3.63, 3.8) is 0 Å². The van der Waals surface area contributed by atoms with Crippen LogP contribution >= 0.6 is 0 Å². The molecule has 0 aliphatic carbocycles. The smallest absolute Gasteiger partial charge is 0.142 e. The van der Waals surface area contributed by atoms with Crippen LogP contribution in [0.25, 0.3) is 66.2 Å². The number of hydrogen-bond acceptors (Lipinski definition) is 15. The van der Waals surface area contributed by atoms with E-state index < -0.39 is 10.8 Å². The fraction of sp³-hybridized carbons (Fsp3) is 0.281. The third kappa shape index (κ3) is 8.55. The van der Waals surface area contributed by atoms with Crippen molar-refractivity contribution in [2.45, 2.75) is 54.8 Å². The maximum absolute atomic E-state index is 12.1. The molecule has 0 bridgehead atoms. The van der Waals surface area contributed by atoms with E-state index in [-0.39, 0.29) is 12.0 Å². The van der Waals surface area contributed by atoms with Gasteiger partial charge in [-0.05, 0) is 93.1 Å². The minimum absolute atomic E-state index is 0.0873. The van der Waals surface area contributed by atoms with Gasteiger partial charge in [0, 0.05) is 57.9 Å². The summed E-state index contributed by atoms with van der Waals surface area (Å²) >= 11 is 0. The maximum atomic E-state index is 12.1. The van der Waals surface area contributed by atoms with Crippen LogP contribution in [0.15, 0.2) is 129 Å². The van der Waals surface area contributed by atoms with Gasteiger partial charge >= 0.3 is 0 Å². The number of para-hydroxylation sites is 6. The Balaban J connectivity index is 0.000000111. The van der Waals surface area contributed by atoms with E-state index in [9.17, 15) is 15.2 Å². The second-order valence-electron chi connectivity index (χ2n) is 20.5. The number of nitrogens with one attached hydrogen (secondary N) is 6. The molecule has 3 aliphatic heterocycles. The van der Waals surface area contributed by atoms with Crippen LogP contribution in [-0.2, 0) is 21.0 Å². The average Bonchev–Trinajstić information content (AvgIpc) is 4.42. The third-order valence-corrected chi connectivity index (χ3v) is 16.2. The average molecular weight is 1040 g/mol. The summed E-state index contributed by atoms with van der Waals surface area (Å²) in [5, 5.41) is 23.2. The Morgan fingerprint density at radius 3 is 1.31 bits per heavy atom. The van der Waals surface area contributed by atoms with Gasteiger partial charge in [-0.3, -0.25) is 0 Å². The summed E-state index contributed by atoms with van der Waals surface area (Å²) in [6.07, 6.45) is 15.9. The molecular weight excluding hydrogens is 983 g/mol. The fourth-order valence-electron chi connectivity index (χ4n) is 11.6. The van der Waals surface area contributed by atoms with Crippen LogP contribution in [0.1, 0.15) is 56.0 Å². The van der Waals surface area contributed by atoms with Crippen molar-refractivity contribution < 1.29 is 9.90 Å². The molecule has 21 nitrogen and oxygen atoms in total. The minimum atomic E-state index is -0.584. The molecule has 3 aromatic carbocycles. The Morgan fingerprint density at radius 1 is 0.500 bits per heavy atom. The van der Waals surface area contributed by atoms with E-state index in [0.717, 1.165) is 160 Å². The van der Waals surface area contributed by atoms with Gasteiger partial charge in [0.1, 0.15) is 82.6 Å². The zero-order valence-electron chi connectivity index (χ0n) is 42.6. The monoisotopic (exact) mass is 1040 g/mol. The first-order valence-electron chi connectivity index (χ1n) is 26.3. The number of rotatable bonds is 8. The lowest BCUT2D eigenvalue weighted by atomic mass is 9.78. The van der Waals surface area contributed by atoms with E-state index in [0.29, 0.717) is 25.7 Å². The molecule has 9 aromatic heterocycles. The number of aromatic amines is 6. The lowest BCUT2D eigenvalue weighted by Crippen LogP contribution is -2.45. The first kappa shape index (κ1) is 48.1. The number of carbonyl (C=O) groups excluding carboxylic acids is 1. The summed E-state index contributed by atoms with van der Waals surface area (Å²) < 4.78 is 0. The van der Waals surface area contributed by atoms with Gasteiger partial charge in [0.2, 0.25) is 0 Å². The number of anilines is 3. The number of aliphatic hydroxyl groups is 1. The number of aliphatic hydroxyl groups excluding tert-OH is 1. The van der Waals surface area contributed by atoms with Crippen molar-refractivity contribution in [1.29, 1.82) is 5.26 Å². The van der Waals surface area contributed by atoms with E-state index >= 15 is 0 Å². The summed E-state index contributed by atoms with van der Waals surface area (Å²) in [5.41, 5.74) is 6.75. The van der Waals surface area contributed by atoms with Crippen molar-refractivity contribution in [2.24, 2.45) is 0 Å². The fourth-order valence-corrected chi connectivity index (χ4v) is 11.6. The second-order valence-corrected chi connectivity index (χ2v) is 20.5. The minimum Gasteiger partial charge on any atom is -0.395 e.